The van der Waals surface area contributed by atoms with Crippen LogP contribution in [0.3, 0.4) is 0 Å². The van der Waals surface area contributed by atoms with Gasteiger partial charge in [0.1, 0.15) is 23.4 Å². The van der Waals surface area contributed by atoms with Crippen molar-refractivity contribution >= 4 is 27.7 Å². The molecule has 174 valence electrons. The molecule has 34 heavy (non-hydrogen) atoms. The quantitative estimate of drug-likeness (QED) is 0.140. The zero-order valence-electron chi connectivity index (χ0n) is 18.7. The second-order valence-corrected chi connectivity index (χ2v) is 9.81. The number of aryl methyl sites for hydroxylation is 2. The first-order valence-electron chi connectivity index (χ1n) is 10.6. The third-order valence-corrected chi connectivity index (χ3v) is 7.02. The smallest absolute Gasteiger partial charge is 0.220 e. The summed E-state index contributed by atoms with van der Waals surface area (Å²) in [6.45, 7) is 4.10. The van der Waals surface area contributed by atoms with E-state index in [-0.39, 0.29) is 11.5 Å². The molecule has 1 aromatic heterocycles. The normalized spacial score (nSPS) is 11.9. The molecule has 0 fully saturated rings. The van der Waals surface area contributed by atoms with Crippen LogP contribution in [0.2, 0.25) is 0 Å². The summed E-state index contributed by atoms with van der Waals surface area (Å²) >= 11 is 4.89. The van der Waals surface area contributed by atoms with E-state index in [2.05, 4.69) is 26.1 Å². The average Bonchev–Trinajstić information content (AvgIpc) is 3.19. The van der Waals surface area contributed by atoms with E-state index in [4.69, 9.17) is 4.74 Å². The lowest BCUT2D eigenvalue weighted by Gasteiger charge is -2.16. The monoisotopic (exact) mass is 538 g/mol. The Bertz CT molecular complexity index is 1280. The highest BCUT2D eigenvalue weighted by atomic mass is 79.9. The van der Waals surface area contributed by atoms with Crippen molar-refractivity contribution in [3.05, 3.63) is 110 Å². The molecule has 4 rings (SSSR count). The van der Waals surface area contributed by atoms with Gasteiger partial charge in [-0.2, -0.15) is 0 Å². The maximum atomic E-state index is 11.5. The van der Waals surface area contributed by atoms with Gasteiger partial charge in [-0.1, -0.05) is 65.9 Å². The van der Waals surface area contributed by atoms with Crippen LogP contribution in [-0.4, -0.2) is 26.2 Å². The van der Waals surface area contributed by atoms with Gasteiger partial charge < -0.3 is 4.74 Å². The Morgan fingerprint density at radius 1 is 1.06 bits per heavy atom. The Morgan fingerprint density at radius 3 is 2.47 bits per heavy atom. The Hall–Kier alpha value is -3.17. The highest BCUT2D eigenvalue weighted by Gasteiger charge is 2.24. The van der Waals surface area contributed by atoms with Gasteiger partial charge in [-0.25, -0.2) is 0 Å². The van der Waals surface area contributed by atoms with Crippen LogP contribution in [0.25, 0.3) is 5.69 Å². The number of nitro groups is 1. The summed E-state index contributed by atoms with van der Waals surface area (Å²) in [6.07, 6.45) is 0. The van der Waals surface area contributed by atoms with E-state index < -0.39 is 5.25 Å². The van der Waals surface area contributed by atoms with Crippen LogP contribution in [0.15, 0.2) is 82.4 Å². The first-order valence-corrected chi connectivity index (χ1v) is 12.3. The molecular formula is C25H23BrN4O3S. The van der Waals surface area contributed by atoms with Crippen LogP contribution in [0.5, 0.6) is 5.75 Å². The van der Waals surface area contributed by atoms with Gasteiger partial charge in [0.15, 0.2) is 5.16 Å². The molecule has 0 aliphatic rings. The van der Waals surface area contributed by atoms with Crippen molar-refractivity contribution in [2.24, 2.45) is 0 Å². The van der Waals surface area contributed by atoms with Crippen molar-refractivity contribution in [2.45, 2.75) is 30.9 Å². The molecule has 7 nitrogen and oxygen atoms in total. The van der Waals surface area contributed by atoms with Gasteiger partial charge in [0.05, 0.1) is 4.47 Å². The zero-order valence-corrected chi connectivity index (χ0v) is 21.1. The molecule has 0 aliphatic carbocycles. The summed E-state index contributed by atoms with van der Waals surface area (Å²) in [7, 11) is 0. The van der Waals surface area contributed by atoms with Crippen LogP contribution in [-0.2, 0) is 6.61 Å². The van der Waals surface area contributed by atoms with E-state index in [0.29, 0.717) is 17.5 Å². The molecule has 4 aromatic rings. The van der Waals surface area contributed by atoms with Crippen LogP contribution >= 0.6 is 27.7 Å². The molecule has 0 N–H and O–H groups in total. The number of thioether (sulfide) groups is 1. The van der Waals surface area contributed by atoms with E-state index in [9.17, 15) is 10.1 Å². The first-order chi connectivity index (χ1) is 16.4. The minimum Gasteiger partial charge on any atom is -0.488 e. The fraction of sp³-hybridized carbons (Fsp3) is 0.200. The van der Waals surface area contributed by atoms with Crippen LogP contribution < -0.4 is 4.74 Å². The predicted octanol–water partition coefficient (Wildman–Crippen LogP) is 6.34. The average molecular weight is 539 g/mol. The van der Waals surface area contributed by atoms with Crippen molar-refractivity contribution in [1.82, 2.24) is 14.8 Å². The second kappa shape index (κ2) is 10.8. The number of aromatic nitrogens is 3. The van der Waals surface area contributed by atoms with Gasteiger partial charge in [-0.05, 0) is 65.2 Å². The van der Waals surface area contributed by atoms with Crippen molar-refractivity contribution in [3.8, 4) is 11.4 Å². The van der Waals surface area contributed by atoms with Gasteiger partial charge in [0.2, 0.25) is 6.54 Å². The summed E-state index contributed by atoms with van der Waals surface area (Å²) in [4.78, 5) is 11.2. The SMILES string of the molecule is Cc1ccc(COc2ccc([C@H](C[N+](=O)[O-])Sc3nnc(C)n3-c3ccccc3)cc2Br)cc1. The maximum Gasteiger partial charge on any atom is 0.220 e. The van der Waals surface area contributed by atoms with E-state index in [1.807, 2.05) is 91.2 Å². The number of ether oxygens (including phenoxy) is 1. The number of benzene rings is 3. The maximum absolute atomic E-state index is 11.5. The highest BCUT2D eigenvalue weighted by molar-refractivity contribution is 9.10. The van der Waals surface area contributed by atoms with E-state index in [0.717, 1.165) is 27.1 Å². The van der Waals surface area contributed by atoms with Crippen LogP contribution in [0.1, 0.15) is 27.8 Å². The predicted molar refractivity (Wildman–Crippen MR) is 136 cm³/mol. The van der Waals surface area contributed by atoms with Gasteiger partial charge in [-0.3, -0.25) is 14.7 Å². The molecule has 0 aliphatic heterocycles. The second-order valence-electron chi connectivity index (χ2n) is 7.79. The molecule has 3 aromatic carbocycles. The number of halogens is 1. The number of para-hydroxylation sites is 1. The summed E-state index contributed by atoms with van der Waals surface area (Å²) < 4.78 is 8.61. The van der Waals surface area contributed by atoms with Crippen molar-refractivity contribution in [1.29, 1.82) is 0 Å². The molecule has 0 bridgehead atoms. The summed E-state index contributed by atoms with van der Waals surface area (Å²) in [5, 5.41) is 20.1. The zero-order chi connectivity index (χ0) is 24.1. The van der Waals surface area contributed by atoms with Gasteiger partial charge in [-0.15, -0.1) is 10.2 Å². The van der Waals surface area contributed by atoms with Crippen molar-refractivity contribution < 1.29 is 9.66 Å². The summed E-state index contributed by atoms with van der Waals surface area (Å²) in [5.74, 6) is 1.40. The largest absolute Gasteiger partial charge is 0.488 e. The number of hydrogen-bond donors (Lipinski definition) is 0. The highest BCUT2D eigenvalue weighted by Crippen LogP contribution is 2.38. The molecule has 0 saturated heterocycles. The van der Waals surface area contributed by atoms with E-state index in [1.165, 1.54) is 17.3 Å². The fourth-order valence-electron chi connectivity index (χ4n) is 3.45. The molecule has 0 spiro atoms. The lowest BCUT2D eigenvalue weighted by Crippen LogP contribution is -2.11. The Labute approximate surface area is 210 Å². The van der Waals surface area contributed by atoms with Crippen LogP contribution in [0.4, 0.5) is 0 Å². The van der Waals surface area contributed by atoms with Crippen LogP contribution in [0, 0.1) is 24.0 Å². The molecule has 1 atom stereocenters. The lowest BCUT2D eigenvalue weighted by molar-refractivity contribution is -0.479. The molecule has 1 heterocycles. The minimum atomic E-state index is -0.455. The standard InChI is InChI=1S/C25H23BrN4O3S/c1-17-8-10-19(11-9-17)16-33-23-13-12-20(14-22(23)26)24(15-29(31)32)34-25-28-27-18(2)30(25)21-6-4-3-5-7-21/h3-14,24H,15-16H2,1-2H3/t24-/m0/s1. The Kier molecular flexibility index (Phi) is 7.64. The topological polar surface area (TPSA) is 83.1 Å². The lowest BCUT2D eigenvalue weighted by atomic mass is 10.1. The molecule has 9 heteroatoms. The molecule has 0 amide bonds. The summed E-state index contributed by atoms with van der Waals surface area (Å²) in [5.41, 5.74) is 3.98. The molecule has 0 saturated carbocycles. The van der Waals surface area contributed by atoms with E-state index in [1.54, 1.807) is 0 Å². The van der Waals surface area contributed by atoms with E-state index >= 15 is 0 Å². The molecular weight excluding hydrogens is 516 g/mol. The molecule has 0 unspecified atom stereocenters. The Balaban J connectivity index is 1.56. The van der Waals surface area contributed by atoms with Gasteiger partial charge in [0.25, 0.3) is 0 Å². The number of rotatable bonds is 9. The van der Waals surface area contributed by atoms with Crippen molar-refractivity contribution in [3.63, 3.8) is 0 Å². The third kappa shape index (κ3) is 5.84. The fourth-order valence-corrected chi connectivity index (χ4v) is 5.12. The van der Waals surface area contributed by atoms with Gasteiger partial charge >= 0.3 is 0 Å². The minimum absolute atomic E-state index is 0.249. The Morgan fingerprint density at radius 2 is 1.79 bits per heavy atom. The van der Waals surface area contributed by atoms with Gasteiger partial charge in [0, 0.05) is 10.6 Å². The first kappa shape index (κ1) is 24.0. The van der Waals surface area contributed by atoms with Crippen molar-refractivity contribution in [2.75, 3.05) is 6.54 Å². The third-order valence-electron chi connectivity index (χ3n) is 5.21. The molecule has 0 radical (unpaired) electrons. The number of hydrogen-bond acceptors (Lipinski definition) is 6. The number of nitrogens with zero attached hydrogens (tertiary/aromatic N) is 4. The summed E-state index contributed by atoms with van der Waals surface area (Å²) in [6, 6.07) is 23.5.